The van der Waals surface area contributed by atoms with Gasteiger partial charge in [-0.3, -0.25) is 0 Å². The number of aliphatic hydroxyl groups excluding tert-OH is 1. The highest BCUT2D eigenvalue weighted by molar-refractivity contribution is 5.57. The van der Waals surface area contributed by atoms with Crippen molar-refractivity contribution in [3.63, 3.8) is 0 Å². The third kappa shape index (κ3) is 1.42. The van der Waals surface area contributed by atoms with Crippen LogP contribution in [0.25, 0.3) is 11.4 Å². The molecule has 1 unspecified atom stereocenters. The Balaban J connectivity index is 2.05. The maximum absolute atomic E-state index is 9.70. The summed E-state index contributed by atoms with van der Waals surface area (Å²) >= 11 is 0. The highest BCUT2D eigenvalue weighted by Crippen LogP contribution is 2.33. The first-order chi connectivity index (χ1) is 7.74. The predicted octanol–water partition coefficient (Wildman–Crippen LogP) is 2.02. The van der Waals surface area contributed by atoms with Gasteiger partial charge in [0.1, 0.15) is 0 Å². The topological polar surface area (TPSA) is 59.2 Å². The molecule has 1 aliphatic carbocycles. The number of benzene rings is 1. The first-order valence-corrected chi connectivity index (χ1v) is 5.35. The Labute approximate surface area is 92.9 Å². The van der Waals surface area contributed by atoms with Crippen molar-refractivity contribution in [1.29, 1.82) is 0 Å². The van der Waals surface area contributed by atoms with Crippen molar-refractivity contribution in [2.75, 3.05) is 0 Å². The lowest BCUT2D eigenvalue weighted by Crippen LogP contribution is -1.90. The molecule has 82 valence electrons. The lowest BCUT2D eigenvalue weighted by molar-refractivity contribution is 0.180. The van der Waals surface area contributed by atoms with Crippen molar-refractivity contribution in [2.45, 2.75) is 25.9 Å². The Morgan fingerprint density at radius 3 is 3.06 bits per heavy atom. The summed E-state index contributed by atoms with van der Waals surface area (Å²) in [4.78, 5) is 4.19. The van der Waals surface area contributed by atoms with E-state index in [1.165, 1.54) is 5.56 Å². The minimum Gasteiger partial charge on any atom is -0.388 e. The Bertz CT molecular complexity index is 534. The molecule has 4 heteroatoms. The van der Waals surface area contributed by atoms with E-state index in [9.17, 15) is 5.11 Å². The van der Waals surface area contributed by atoms with Crippen LogP contribution in [0.4, 0.5) is 0 Å². The predicted molar refractivity (Wildman–Crippen MR) is 57.8 cm³/mol. The van der Waals surface area contributed by atoms with Gasteiger partial charge in [0, 0.05) is 12.5 Å². The van der Waals surface area contributed by atoms with Crippen molar-refractivity contribution in [3.8, 4) is 11.4 Å². The van der Waals surface area contributed by atoms with Gasteiger partial charge < -0.3 is 9.63 Å². The van der Waals surface area contributed by atoms with Gasteiger partial charge in [-0.2, -0.15) is 4.98 Å². The van der Waals surface area contributed by atoms with Crippen molar-refractivity contribution >= 4 is 0 Å². The number of nitrogens with zero attached hydrogens (tertiary/aromatic N) is 2. The zero-order valence-corrected chi connectivity index (χ0v) is 8.97. The molecule has 1 N–H and O–H groups in total. The van der Waals surface area contributed by atoms with Crippen LogP contribution in [-0.4, -0.2) is 15.2 Å². The van der Waals surface area contributed by atoms with Crippen molar-refractivity contribution in [2.24, 2.45) is 0 Å². The van der Waals surface area contributed by atoms with E-state index in [0.717, 1.165) is 24.0 Å². The van der Waals surface area contributed by atoms with Crippen LogP contribution in [0.5, 0.6) is 0 Å². The molecular formula is C12H12N2O2. The summed E-state index contributed by atoms with van der Waals surface area (Å²) in [5, 5.41) is 13.6. The largest absolute Gasteiger partial charge is 0.388 e. The van der Waals surface area contributed by atoms with Gasteiger partial charge >= 0.3 is 0 Å². The van der Waals surface area contributed by atoms with Crippen LogP contribution in [0.15, 0.2) is 22.7 Å². The van der Waals surface area contributed by atoms with E-state index in [0.29, 0.717) is 11.7 Å². The molecule has 1 aromatic heterocycles. The molecule has 1 heterocycles. The molecule has 16 heavy (non-hydrogen) atoms. The number of aliphatic hydroxyl groups is 1. The second kappa shape index (κ2) is 3.42. The van der Waals surface area contributed by atoms with Crippen molar-refractivity contribution in [3.05, 3.63) is 35.2 Å². The van der Waals surface area contributed by atoms with E-state index in [1.54, 1.807) is 6.92 Å². The maximum atomic E-state index is 9.70. The fourth-order valence-electron chi connectivity index (χ4n) is 2.15. The second-order valence-electron chi connectivity index (χ2n) is 4.11. The summed E-state index contributed by atoms with van der Waals surface area (Å²) in [6.07, 6.45) is 1.42. The first-order valence-electron chi connectivity index (χ1n) is 5.35. The molecule has 0 radical (unpaired) electrons. The summed E-state index contributed by atoms with van der Waals surface area (Å²) < 4.78 is 4.95. The minimum atomic E-state index is -0.309. The fourth-order valence-corrected chi connectivity index (χ4v) is 2.15. The summed E-state index contributed by atoms with van der Waals surface area (Å²) in [5.74, 6) is 1.18. The summed E-state index contributed by atoms with van der Waals surface area (Å²) in [6, 6.07) is 5.92. The average Bonchev–Trinajstić information content (AvgIpc) is 2.86. The van der Waals surface area contributed by atoms with Crippen LogP contribution < -0.4 is 0 Å². The van der Waals surface area contributed by atoms with E-state index >= 15 is 0 Å². The highest BCUT2D eigenvalue weighted by Gasteiger charge is 2.20. The van der Waals surface area contributed by atoms with Crippen LogP contribution in [0.3, 0.4) is 0 Å². The van der Waals surface area contributed by atoms with Gasteiger partial charge in [-0.15, -0.1) is 0 Å². The summed E-state index contributed by atoms with van der Waals surface area (Å²) in [7, 11) is 0. The molecule has 1 aliphatic rings. The zero-order chi connectivity index (χ0) is 11.1. The molecule has 2 aromatic rings. The maximum Gasteiger partial charge on any atom is 0.223 e. The molecule has 0 spiro atoms. The Morgan fingerprint density at radius 1 is 1.44 bits per heavy atom. The van der Waals surface area contributed by atoms with Gasteiger partial charge in [-0.25, -0.2) is 0 Å². The Morgan fingerprint density at radius 2 is 2.31 bits per heavy atom. The molecule has 0 aliphatic heterocycles. The number of aromatic nitrogens is 2. The summed E-state index contributed by atoms with van der Waals surface area (Å²) in [5.41, 5.74) is 3.17. The van der Waals surface area contributed by atoms with Gasteiger partial charge in [0.2, 0.25) is 11.7 Å². The first kappa shape index (κ1) is 9.54. The lowest BCUT2D eigenvalue weighted by Gasteiger charge is -2.03. The third-order valence-corrected chi connectivity index (χ3v) is 2.97. The van der Waals surface area contributed by atoms with Crippen molar-refractivity contribution in [1.82, 2.24) is 10.1 Å². The Kier molecular flexibility index (Phi) is 2.04. The van der Waals surface area contributed by atoms with E-state index in [4.69, 9.17) is 4.52 Å². The van der Waals surface area contributed by atoms with Crippen LogP contribution in [0, 0.1) is 6.92 Å². The van der Waals surface area contributed by atoms with E-state index in [-0.39, 0.29) is 6.10 Å². The molecule has 4 nitrogen and oxygen atoms in total. The zero-order valence-electron chi connectivity index (χ0n) is 8.97. The SMILES string of the molecule is Cc1nc(-c2ccc3c(c2)CCC3O)no1. The average molecular weight is 216 g/mol. The molecule has 0 amide bonds. The standard InChI is InChI=1S/C12H12N2O2/c1-7-13-12(14-16-7)9-2-4-10-8(6-9)3-5-11(10)15/h2,4,6,11,15H,3,5H2,1H3. The van der Waals surface area contributed by atoms with E-state index < -0.39 is 0 Å². The van der Waals surface area contributed by atoms with Gasteiger partial charge in [-0.05, 0) is 30.0 Å². The molecular weight excluding hydrogens is 204 g/mol. The number of aryl methyl sites for hydroxylation is 2. The Hall–Kier alpha value is -1.68. The van der Waals surface area contributed by atoms with E-state index in [1.807, 2.05) is 18.2 Å². The normalized spacial score (nSPS) is 18.8. The monoisotopic (exact) mass is 216 g/mol. The molecule has 3 rings (SSSR count). The minimum absolute atomic E-state index is 0.309. The van der Waals surface area contributed by atoms with Gasteiger partial charge in [-0.1, -0.05) is 17.3 Å². The van der Waals surface area contributed by atoms with Crippen LogP contribution >= 0.6 is 0 Å². The molecule has 0 saturated heterocycles. The molecule has 0 bridgehead atoms. The number of rotatable bonds is 1. The van der Waals surface area contributed by atoms with Gasteiger partial charge in [0.05, 0.1) is 6.10 Å². The third-order valence-electron chi connectivity index (χ3n) is 2.97. The molecule has 0 saturated carbocycles. The van der Waals surface area contributed by atoms with Crippen LogP contribution in [0.2, 0.25) is 0 Å². The molecule has 1 atom stereocenters. The number of hydrogen-bond donors (Lipinski definition) is 1. The number of fused-ring (bicyclic) bond motifs is 1. The fraction of sp³-hybridized carbons (Fsp3) is 0.333. The smallest absolute Gasteiger partial charge is 0.223 e. The van der Waals surface area contributed by atoms with Crippen LogP contribution in [0.1, 0.15) is 29.5 Å². The van der Waals surface area contributed by atoms with Crippen molar-refractivity contribution < 1.29 is 9.63 Å². The van der Waals surface area contributed by atoms with Gasteiger partial charge in [0.25, 0.3) is 0 Å². The molecule has 0 fully saturated rings. The quantitative estimate of drug-likeness (QED) is 0.792. The second-order valence-corrected chi connectivity index (χ2v) is 4.11. The lowest BCUT2D eigenvalue weighted by atomic mass is 10.1. The number of hydrogen-bond acceptors (Lipinski definition) is 4. The summed E-state index contributed by atoms with van der Waals surface area (Å²) in [6.45, 7) is 1.77. The highest BCUT2D eigenvalue weighted by atomic mass is 16.5. The van der Waals surface area contributed by atoms with Crippen LogP contribution in [-0.2, 0) is 6.42 Å². The van der Waals surface area contributed by atoms with Gasteiger partial charge in [0.15, 0.2) is 0 Å². The molecule has 1 aromatic carbocycles. The van der Waals surface area contributed by atoms with E-state index in [2.05, 4.69) is 10.1 Å².